The Labute approximate surface area is 175 Å². The van der Waals surface area contributed by atoms with Gasteiger partial charge in [0.05, 0.1) is 25.7 Å². The van der Waals surface area contributed by atoms with Crippen molar-refractivity contribution >= 4 is 23.5 Å². The molecule has 3 amide bonds. The average Bonchev–Trinajstić information content (AvgIpc) is 2.75. The first-order chi connectivity index (χ1) is 14.1. The minimum Gasteiger partial charge on any atom is -0.497 e. The highest BCUT2D eigenvalue weighted by Gasteiger charge is 2.47. The third-order valence-electron chi connectivity index (χ3n) is 5.60. The first-order valence-electron chi connectivity index (χ1n) is 9.80. The van der Waals surface area contributed by atoms with E-state index in [2.05, 4.69) is 5.32 Å². The minimum absolute atomic E-state index is 0.131. The molecule has 152 valence electrons. The molecule has 6 nitrogen and oxygen atoms in total. The van der Waals surface area contributed by atoms with Crippen molar-refractivity contribution in [3.63, 3.8) is 0 Å². The van der Waals surface area contributed by atoms with Crippen molar-refractivity contribution in [1.29, 1.82) is 0 Å². The van der Waals surface area contributed by atoms with Crippen LogP contribution in [0, 0.1) is 5.92 Å². The number of ether oxygens (including phenoxy) is 1. The number of hydrogen-bond donors (Lipinski definition) is 1. The normalized spacial score (nSPS) is 21.9. The molecule has 1 N–H and O–H groups in total. The minimum atomic E-state index is -0.298. The molecular weight excluding hydrogens is 390 g/mol. The number of benzene rings is 2. The molecule has 2 aliphatic heterocycles. The van der Waals surface area contributed by atoms with E-state index in [0.717, 1.165) is 36.3 Å². The molecule has 0 bridgehead atoms. The Hall–Kier alpha value is -2.57. The summed E-state index contributed by atoms with van der Waals surface area (Å²) in [5, 5.41) is 3.93. The fourth-order valence-electron chi connectivity index (χ4n) is 4.10. The predicted molar refractivity (Wildman–Crippen MR) is 110 cm³/mol. The standard InChI is InChI=1S/C22H24ClN3O3/c1-29-17-8-4-6-15(12-17)13-25-20-18(9-5-11-24-20)21(27)26(22(25)28)14-16-7-2-3-10-19(16)23/h2-4,6-8,10,12,18,20,24H,5,9,11,13-14H2,1H3. The van der Waals surface area contributed by atoms with E-state index in [9.17, 15) is 9.59 Å². The lowest BCUT2D eigenvalue weighted by atomic mass is 9.91. The lowest BCUT2D eigenvalue weighted by Crippen LogP contribution is -2.66. The second-order valence-corrected chi connectivity index (χ2v) is 7.83. The van der Waals surface area contributed by atoms with Gasteiger partial charge in [-0.1, -0.05) is 41.9 Å². The lowest BCUT2D eigenvalue weighted by Gasteiger charge is -2.47. The van der Waals surface area contributed by atoms with Crippen molar-refractivity contribution < 1.29 is 14.3 Å². The average molecular weight is 414 g/mol. The van der Waals surface area contributed by atoms with Gasteiger partial charge < -0.3 is 9.64 Å². The molecule has 2 atom stereocenters. The molecule has 0 radical (unpaired) electrons. The van der Waals surface area contributed by atoms with E-state index in [1.54, 1.807) is 18.1 Å². The largest absolute Gasteiger partial charge is 0.497 e. The second kappa shape index (κ2) is 8.43. The molecule has 2 saturated heterocycles. The zero-order valence-electron chi connectivity index (χ0n) is 16.3. The van der Waals surface area contributed by atoms with Gasteiger partial charge in [-0.3, -0.25) is 15.0 Å². The van der Waals surface area contributed by atoms with Crippen molar-refractivity contribution in [2.75, 3.05) is 13.7 Å². The summed E-state index contributed by atoms with van der Waals surface area (Å²) in [5.74, 6) is 0.354. The quantitative estimate of drug-likeness (QED) is 0.812. The molecule has 0 saturated carbocycles. The Morgan fingerprint density at radius 1 is 1.14 bits per heavy atom. The van der Waals surface area contributed by atoms with Crippen LogP contribution in [0.2, 0.25) is 5.02 Å². The van der Waals surface area contributed by atoms with E-state index >= 15 is 0 Å². The summed E-state index contributed by atoms with van der Waals surface area (Å²) in [6, 6.07) is 14.7. The van der Waals surface area contributed by atoms with Crippen LogP contribution in [-0.2, 0) is 17.9 Å². The molecule has 2 aliphatic rings. The second-order valence-electron chi connectivity index (χ2n) is 7.43. The van der Waals surface area contributed by atoms with E-state index in [1.807, 2.05) is 42.5 Å². The van der Waals surface area contributed by atoms with E-state index in [-0.39, 0.29) is 30.6 Å². The number of carbonyl (C=O) groups excluding carboxylic acids is 2. The number of halogens is 1. The van der Waals surface area contributed by atoms with Crippen molar-refractivity contribution in [1.82, 2.24) is 15.1 Å². The van der Waals surface area contributed by atoms with Crippen molar-refractivity contribution in [3.05, 3.63) is 64.7 Å². The number of hydrogen-bond acceptors (Lipinski definition) is 4. The first kappa shape index (κ1) is 19.7. The van der Waals surface area contributed by atoms with Crippen LogP contribution in [0.4, 0.5) is 4.79 Å². The molecule has 2 aromatic rings. The zero-order chi connectivity index (χ0) is 20.4. The van der Waals surface area contributed by atoms with Gasteiger partial charge in [-0.2, -0.15) is 0 Å². The van der Waals surface area contributed by atoms with Gasteiger partial charge in [-0.05, 0) is 48.7 Å². The highest BCUT2D eigenvalue weighted by molar-refractivity contribution is 6.31. The predicted octanol–water partition coefficient (Wildman–Crippen LogP) is 3.64. The number of nitrogens with zero attached hydrogens (tertiary/aromatic N) is 2. The number of rotatable bonds is 5. The Bertz CT molecular complexity index is 920. The fourth-order valence-corrected chi connectivity index (χ4v) is 4.30. The Kier molecular flexibility index (Phi) is 5.74. The summed E-state index contributed by atoms with van der Waals surface area (Å²) in [5.41, 5.74) is 1.72. The molecule has 0 aromatic heterocycles. The van der Waals surface area contributed by atoms with E-state index in [4.69, 9.17) is 16.3 Å². The zero-order valence-corrected chi connectivity index (χ0v) is 17.1. The maximum absolute atomic E-state index is 13.4. The van der Waals surface area contributed by atoms with Gasteiger partial charge >= 0.3 is 6.03 Å². The number of nitrogens with one attached hydrogen (secondary N) is 1. The van der Waals surface area contributed by atoms with Gasteiger partial charge in [0, 0.05) is 11.6 Å². The number of amides is 3. The molecule has 0 spiro atoms. The molecule has 4 rings (SSSR count). The Morgan fingerprint density at radius 3 is 2.76 bits per heavy atom. The monoisotopic (exact) mass is 413 g/mol. The highest BCUT2D eigenvalue weighted by Crippen LogP contribution is 2.31. The van der Waals surface area contributed by atoms with Gasteiger partial charge in [-0.25, -0.2) is 4.79 Å². The number of urea groups is 1. The van der Waals surface area contributed by atoms with Crippen molar-refractivity contribution in [3.8, 4) is 5.75 Å². The van der Waals surface area contributed by atoms with Crippen LogP contribution in [0.5, 0.6) is 5.75 Å². The van der Waals surface area contributed by atoms with Crippen molar-refractivity contribution in [2.45, 2.75) is 32.1 Å². The molecular formula is C22H24ClN3O3. The fraction of sp³-hybridized carbons (Fsp3) is 0.364. The van der Waals surface area contributed by atoms with Gasteiger partial charge in [0.25, 0.3) is 0 Å². The van der Waals surface area contributed by atoms with Crippen LogP contribution >= 0.6 is 11.6 Å². The Balaban J connectivity index is 1.64. The topological polar surface area (TPSA) is 61.9 Å². The molecule has 2 aromatic carbocycles. The summed E-state index contributed by atoms with van der Waals surface area (Å²) < 4.78 is 5.31. The third kappa shape index (κ3) is 3.95. The van der Waals surface area contributed by atoms with Crippen LogP contribution in [0.25, 0.3) is 0 Å². The van der Waals surface area contributed by atoms with E-state index < -0.39 is 0 Å². The number of carbonyl (C=O) groups is 2. The summed E-state index contributed by atoms with van der Waals surface area (Å²) >= 11 is 6.29. The number of imide groups is 1. The summed E-state index contributed by atoms with van der Waals surface area (Å²) in [6.45, 7) is 1.37. The van der Waals surface area contributed by atoms with Crippen LogP contribution < -0.4 is 10.1 Å². The molecule has 0 aliphatic carbocycles. The van der Waals surface area contributed by atoms with E-state index in [1.165, 1.54) is 4.90 Å². The van der Waals surface area contributed by atoms with Gasteiger partial charge in [-0.15, -0.1) is 0 Å². The maximum atomic E-state index is 13.4. The molecule has 2 heterocycles. The van der Waals surface area contributed by atoms with Crippen LogP contribution in [0.1, 0.15) is 24.0 Å². The highest BCUT2D eigenvalue weighted by atomic mass is 35.5. The van der Waals surface area contributed by atoms with Crippen molar-refractivity contribution in [2.24, 2.45) is 5.92 Å². The smallest absolute Gasteiger partial charge is 0.328 e. The third-order valence-corrected chi connectivity index (χ3v) is 5.96. The van der Waals surface area contributed by atoms with Crippen LogP contribution in [0.15, 0.2) is 48.5 Å². The molecule has 2 fully saturated rings. The molecule has 2 unspecified atom stereocenters. The van der Waals surface area contributed by atoms with Gasteiger partial charge in [0.2, 0.25) is 5.91 Å². The van der Waals surface area contributed by atoms with Gasteiger partial charge in [0.1, 0.15) is 5.75 Å². The van der Waals surface area contributed by atoms with Crippen LogP contribution in [-0.4, -0.2) is 41.6 Å². The number of methoxy groups -OCH3 is 1. The number of piperidine rings is 1. The van der Waals surface area contributed by atoms with E-state index in [0.29, 0.717) is 11.6 Å². The first-order valence-corrected chi connectivity index (χ1v) is 10.2. The SMILES string of the molecule is COc1cccc(CN2C(=O)N(Cc3ccccc3Cl)C(=O)C3CCCNC32)c1. The molecule has 29 heavy (non-hydrogen) atoms. The number of fused-ring (bicyclic) bond motifs is 1. The Morgan fingerprint density at radius 2 is 1.97 bits per heavy atom. The van der Waals surface area contributed by atoms with Gasteiger partial charge in [0.15, 0.2) is 0 Å². The summed E-state index contributed by atoms with van der Waals surface area (Å²) in [6.07, 6.45) is 1.38. The molecule has 7 heteroatoms. The lowest BCUT2D eigenvalue weighted by molar-refractivity contribution is -0.142. The summed E-state index contributed by atoms with van der Waals surface area (Å²) in [7, 11) is 1.62. The summed E-state index contributed by atoms with van der Waals surface area (Å²) in [4.78, 5) is 29.6. The maximum Gasteiger partial charge on any atom is 0.328 e. The van der Waals surface area contributed by atoms with Crippen LogP contribution in [0.3, 0.4) is 0 Å².